The first-order valence-electron chi connectivity index (χ1n) is 7.90. The van der Waals surface area contributed by atoms with Gasteiger partial charge in [-0.15, -0.1) is 0 Å². The van der Waals surface area contributed by atoms with Crippen LogP contribution in [-0.4, -0.2) is 31.5 Å². The first-order valence-corrected chi connectivity index (χ1v) is 7.90. The molecule has 132 valence electrons. The Morgan fingerprint density at radius 3 is 2.75 bits per heavy atom. The number of hydrogen-bond acceptors (Lipinski definition) is 4. The number of carbonyl (C=O) groups is 1. The maximum Gasteiger partial charge on any atom is 0.407 e. The SMILES string of the molecule is C=CCOc1cc(F)cc(C2(CCNC(=O)OC(C)(C)C)CO2)c1. The average molecular weight is 337 g/mol. The third-order valence-electron chi connectivity index (χ3n) is 3.46. The molecule has 1 saturated heterocycles. The maximum absolute atomic E-state index is 13.8. The number of ether oxygens (including phenoxy) is 3. The lowest BCUT2D eigenvalue weighted by molar-refractivity contribution is 0.0523. The van der Waals surface area contributed by atoms with Crippen LogP contribution in [0.25, 0.3) is 0 Å². The van der Waals surface area contributed by atoms with E-state index < -0.39 is 17.3 Å². The smallest absolute Gasteiger partial charge is 0.407 e. The molecule has 0 spiro atoms. The van der Waals surface area contributed by atoms with Crippen LogP contribution in [0.4, 0.5) is 9.18 Å². The Morgan fingerprint density at radius 1 is 1.46 bits per heavy atom. The molecule has 1 fully saturated rings. The lowest BCUT2D eigenvalue weighted by Gasteiger charge is -2.20. The number of halogens is 1. The summed E-state index contributed by atoms with van der Waals surface area (Å²) in [7, 11) is 0. The minimum atomic E-state index is -0.580. The van der Waals surface area contributed by atoms with Crippen LogP contribution < -0.4 is 10.1 Å². The van der Waals surface area contributed by atoms with Crippen molar-refractivity contribution in [3.8, 4) is 5.75 Å². The summed E-state index contributed by atoms with van der Waals surface area (Å²) in [4.78, 5) is 11.7. The summed E-state index contributed by atoms with van der Waals surface area (Å²) >= 11 is 0. The van der Waals surface area contributed by atoms with Gasteiger partial charge in [0, 0.05) is 19.0 Å². The Balaban J connectivity index is 1.95. The molecule has 1 N–H and O–H groups in total. The molecule has 1 aromatic rings. The zero-order valence-electron chi connectivity index (χ0n) is 14.4. The zero-order chi connectivity index (χ0) is 17.8. The highest BCUT2D eigenvalue weighted by Crippen LogP contribution is 2.43. The normalized spacial score (nSPS) is 19.5. The van der Waals surface area contributed by atoms with Crippen LogP contribution >= 0.6 is 0 Å². The van der Waals surface area contributed by atoms with E-state index in [1.54, 1.807) is 32.9 Å². The molecular formula is C18H24FNO4. The van der Waals surface area contributed by atoms with Gasteiger partial charge >= 0.3 is 6.09 Å². The second-order valence-electron chi connectivity index (χ2n) is 6.74. The molecule has 1 unspecified atom stereocenters. The molecule has 1 atom stereocenters. The van der Waals surface area contributed by atoms with E-state index in [1.165, 1.54) is 12.1 Å². The summed E-state index contributed by atoms with van der Waals surface area (Å²) in [5.41, 5.74) is -0.422. The Hall–Kier alpha value is -2.08. The molecule has 0 bridgehead atoms. The molecule has 1 aromatic carbocycles. The van der Waals surface area contributed by atoms with Gasteiger partial charge in [-0.05, 0) is 38.5 Å². The molecule has 1 aliphatic heterocycles. The molecule has 1 aliphatic rings. The van der Waals surface area contributed by atoms with E-state index in [0.717, 1.165) is 0 Å². The van der Waals surface area contributed by atoms with Crippen molar-refractivity contribution < 1.29 is 23.4 Å². The number of rotatable bonds is 7. The molecular weight excluding hydrogens is 313 g/mol. The van der Waals surface area contributed by atoms with Gasteiger partial charge in [0.15, 0.2) is 0 Å². The molecule has 0 aliphatic carbocycles. The first-order chi connectivity index (χ1) is 11.2. The largest absolute Gasteiger partial charge is 0.489 e. The number of amides is 1. The molecule has 0 radical (unpaired) electrons. The molecule has 2 rings (SSSR count). The van der Waals surface area contributed by atoms with Crippen molar-refractivity contribution in [3.05, 3.63) is 42.2 Å². The predicted octanol–water partition coefficient (Wildman–Crippen LogP) is 3.53. The monoisotopic (exact) mass is 337 g/mol. The van der Waals surface area contributed by atoms with Crippen LogP contribution in [0.2, 0.25) is 0 Å². The zero-order valence-corrected chi connectivity index (χ0v) is 14.4. The topological polar surface area (TPSA) is 60.1 Å². The third kappa shape index (κ3) is 5.23. The number of hydrogen-bond donors (Lipinski definition) is 1. The van der Waals surface area contributed by atoms with Gasteiger partial charge in [-0.3, -0.25) is 0 Å². The highest BCUT2D eigenvalue weighted by Gasteiger charge is 2.46. The number of benzene rings is 1. The molecule has 0 aromatic heterocycles. The lowest BCUT2D eigenvalue weighted by Crippen LogP contribution is -2.34. The second-order valence-corrected chi connectivity index (χ2v) is 6.74. The van der Waals surface area contributed by atoms with Crippen molar-refractivity contribution in [1.82, 2.24) is 5.32 Å². The van der Waals surface area contributed by atoms with Crippen LogP contribution in [0.5, 0.6) is 5.75 Å². The van der Waals surface area contributed by atoms with E-state index in [9.17, 15) is 9.18 Å². The summed E-state index contributed by atoms with van der Waals surface area (Å²) in [5, 5.41) is 2.69. The third-order valence-corrected chi connectivity index (χ3v) is 3.46. The van der Waals surface area contributed by atoms with Gasteiger partial charge in [-0.25, -0.2) is 9.18 Å². The van der Waals surface area contributed by atoms with E-state index in [-0.39, 0.29) is 5.82 Å². The maximum atomic E-state index is 13.8. The van der Waals surface area contributed by atoms with E-state index >= 15 is 0 Å². The highest BCUT2D eigenvalue weighted by atomic mass is 19.1. The van der Waals surface area contributed by atoms with Crippen LogP contribution in [0.3, 0.4) is 0 Å². The number of nitrogens with one attached hydrogen (secondary N) is 1. The number of epoxide rings is 1. The fourth-order valence-corrected chi connectivity index (χ4v) is 2.29. The van der Waals surface area contributed by atoms with E-state index in [2.05, 4.69) is 11.9 Å². The quantitative estimate of drug-likeness (QED) is 0.611. The van der Waals surface area contributed by atoms with Gasteiger partial charge in [0.25, 0.3) is 0 Å². The van der Waals surface area contributed by atoms with Crippen LogP contribution in [-0.2, 0) is 15.1 Å². The standard InChI is InChI=1S/C18H24FNO4/c1-5-8-22-15-10-13(9-14(19)11-15)18(12-23-18)6-7-20-16(21)24-17(2,3)4/h5,9-11H,1,6-8,12H2,2-4H3,(H,20,21). The van der Waals surface area contributed by atoms with Gasteiger partial charge in [0.2, 0.25) is 0 Å². The average Bonchev–Trinajstić information content (AvgIpc) is 3.24. The van der Waals surface area contributed by atoms with Gasteiger partial charge in [-0.2, -0.15) is 0 Å². The highest BCUT2D eigenvalue weighted by molar-refractivity contribution is 5.67. The summed E-state index contributed by atoms with van der Waals surface area (Å²) in [5.74, 6) is 0.0430. The Kier molecular flexibility index (Phi) is 5.49. The molecule has 5 nitrogen and oxygen atoms in total. The first kappa shape index (κ1) is 18.3. The van der Waals surface area contributed by atoms with Gasteiger partial charge in [0.1, 0.15) is 29.4 Å². The second kappa shape index (κ2) is 7.21. The summed E-state index contributed by atoms with van der Waals surface area (Å²) in [6.07, 6.45) is 1.64. The number of alkyl carbamates (subject to hydrolysis) is 1. The van der Waals surface area contributed by atoms with Crippen LogP contribution in [0, 0.1) is 5.82 Å². The minimum Gasteiger partial charge on any atom is -0.489 e. The van der Waals surface area contributed by atoms with Crippen molar-refractivity contribution in [2.24, 2.45) is 0 Å². The Labute approximate surface area is 141 Å². The predicted molar refractivity (Wildman–Crippen MR) is 88.6 cm³/mol. The van der Waals surface area contributed by atoms with Crippen molar-refractivity contribution in [3.63, 3.8) is 0 Å². The van der Waals surface area contributed by atoms with Crippen LogP contribution in [0.15, 0.2) is 30.9 Å². The fourth-order valence-electron chi connectivity index (χ4n) is 2.29. The summed E-state index contributed by atoms with van der Waals surface area (Å²) < 4.78 is 29.9. The number of carbonyl (C=O) groups excluding carboxylic acids is 1. The minimum absolute atomic E-state index is 0.303. The van der Waals surface area contributed by atoms with Crippen molar-refractivity contribution in [1.29, 1.82) is 0 Å². The van der Waals surface area contributed by atoms with Gasteiger partial charge in [-0.1, -0.05) is 12.7 Å². The fraction of sp³-hybridized carbons (Fsp3) is 0.500. The lowest BCUT2D eigenvalue weighted by atomic mass is 9.96. The summed E-state index contributed by atoms with van der Waals surface area (Å²) in [6, 6.07) is 4.51. The molecule has 0 saturated carbocycles. The van der Waals surface area contributed by atoms with Gasteiger partial charge < -0.3 is 19.5 Å². The van der Waals surface area contributed by atoms with E-state index in [4.69, 9.17) is 14.2 Å². The van der Waals surface area contributed by atoms with Gasteiger partial charge in [0.05, 0.1) is 6.61 Å². The summed E-state index contributed by atoms with van der Waals surface area (Å²) in [6.45, 7) is 10.1. The van der Waals surface area contributed by atoms with Crippen molar-refractivity contribution >= 4 is 6.09 Å². The Bertz CT molecular complexity index is 606. The van der Waals surface area contributed by atoms with Crippen molar-refractivity contribution in [2.45, 2.75) is 38.4 Å². The van der Waals surface area contributed by atoms with E-state index in [1.807, 2.05) is 0 Å². The molecule has 6 heteroatoms. The molecule has 1 heterocycles. The Morgan fingerprint density at radius 2 is 2.17 bits per heavy atom. The molecule has 1 amide bonds. The van der Waals surface area contributed by atoms with Crippen molar-refractivity contribution in [2.75, 3.05) is 19.8 Å². The molecule has 24 heavy (non-hydrogen) atoms. The van der Waals surface area contributed by atoms with Crippen LogP contribution in [0.1, 0.15) is 32.8 Å². The van der Waals surface area contributed by atoms with E-state index in [0.29, 0.717) is 37.5 Å².